The second kappa shape index (κ2) is 4.72. The summed E-state index contributed by atoms with van der Waals surface area (Å²) in [6.45, 7) is 2.25. The summed E-state index contributed by atoms with van der Waals surface area (Å²) in [7, 11) is 0. The largest absolute Gasteiger partial charge is 0.396 e. The molecule has 1 aromatic heterocycles. The number of hydrogen-bond acceptors (Lipinski definition) is 2. The van der Waals surface area contributed by atoms with Crippen LogP contribution in [-0.2, 0) is 11.3 Å². The molecule has 0 bridgehead atoms. The highest BCUT2D eigenvalue weighted by Gasteiger charge is 2.08. The Hall–Kier alpha value is -1.42. The van der Waals surface area contributed by atoms with Crippen LogP contribution in [-0.4, -0.2) is 17.6 Å². The SMILES string of the molecule is CC(CO)c1cc[n+](CC(N)=O)cc1. The summed E-state index contributed by atoms with van der Waals surface area (Å²) in [5.74, 6) is -0.240. The van der Waals surface area contributed by atoms with Crippen molar-refractivity contribution < 1.29 is 14.5 Å². The molecule has 1 atom stereocenters. The van der Waals surface area contributed by atoms with Crippen molar-refractivity contribution >= 4 is 5.91 Å². The van der Waals surface area contributed by atoms with E-state index in [-0.39, 0.29) is 25.0 Å². The summed E-state index contributed by atoms with van der Waals surface area (Å²) in [6.07, 6.45) is 3.57. The van der Waals surface area contributed by atoms with Gasteiger partial charge in [0, 0.05) is 24.7 Å². The monoisotopic (exact) mass is 195 g/mol. The van der Waals surface area contributed by atoms with Gasteiger partial charge in [0.25, 0.3) is 5.91 Å². The Bertz CT molecular complexity index is 308. The molecular formula is C10H15N2O2+. The molecule has 1 aromatic rings. The maximum Gasteiger partial charge on any atom is 0.283 e. The van der Waals surface area contributed by atoms with Gasteiger partial charge in [-0.15, -0.1) is 0 Å². The molecule has 14 heavy (non-hydrogen) atoms. The molecule has 1 amide bonds. The highest BCUT2D eigenvalue weighted by molar-refractivity contribution is 5.72. The van der Waals surface area contributed by atoms with Gasteiger partial charge >= 0.3 is 0 Å². The number of nitrogens with two attached hydrogens (primary N) is 1. The van der Waals surface area contributed by atoms with E-state index in [0.29, 0.717) is 0 Å². The second-order valence-electron chi connectivity index (χ2n) is 3.35. The molecule has 1 heterocycles. The van der Waals surface area contributed by atoms with Gasteiger partial charge < -0.3 is 10.8 Å². The maximum atomic E-state index is 10.6. The predicted octanol–water partition coefficient (Wildman–Crippen LogP) is -0.445. The fourth-order valence-electron chi connectivity index (χ4n) is 1.19. The van der Waals surface area contributed by atoms with Crippen molar-refractivity contribution in [1.29, 1.82) is 0 Å². The standard InChI is InChI=1S/C10H14N2O2/c1-8(7-13)9-2-4-12(5-3-9)6-10(11)14/h2-5,8,13H,6-7H2,1H3,(H-,11,14)/p+1. The van der Waals surface area contributed by atoms with E-state index in [9.17, 15) is 4.79 Å². The number of rotatable bonds is 4. The summed E-state index contributed by atoms with van der Waals surface area (Å²) in [5.41, 5.74) is 6.10. The number of aliphatic hydroxyl groups is 1. The molecular weight excluding hydrogens is 180 g/mol. The number of amides is 1. The quantitative estimate of drug-likeness (QED) is 0.639. The van der Waals surface area contributed by atoms with Gasteiger partial charge in [0.1, 0.15) is 0 Å². The van der Waals surface area contributed by atoms with E-state index >= 15 is 0 Å². The Morgan fingerprint density at radius 2 is 2.14 bits per heavy atom. The Morgan fingerprint density at radius 1 is 1.57 bits per heavy atom. The Morgan fingerprint density at radius 3 is 2.57 bits per heavy atom. The highest BCUT2D eigenvalue weighted by atomic mass is 16.3. The zero-order valence-electron chi connectivity index (χ0n) is 8.18. The lowest BCUT2D eigenvalue weighted by molar-refractivity contribution is -0.684. The fraction of sp³-hybridized carbons (Fsp3) is 0.400. The van der Waals surface area contributed by atoms with Gasteiger partial charge in [0.05, 0.1) is 0 Å². The molecule has 3 N–H and O–H groups in total. The molecule has 0 saturated heterocycles. The highest BCUT2D eigenvalue weighted by Crippen LogP contribution is 2.11. The van der Waals surface area contributed by atoms with Gasteiger partial charge in [-0.2, -0.15) is 4.57 Å². The minimum absolute atomic E-state index is 0.123. The van der Waals surface area contributed by atoms with Crippen molar-refractivity contribution in [1.82, 2.24) is 0 Å². The van der Waals surface area contributed by atoms with Gasteiger partial charge in [0.2, 0.25) is 6.54 Å². The summed E-state index contributed by atoms with van der Waals surface area (Å²) in [6, 6.07) is 3.76. The Labute approximate surface area is 83.0 Å². The number of aromatic nitrogens is 1. The first kappa shape index (κ1) is 10.7. The van der Waals surface area contributed by atoms with Crippen LogP contribution in [0.3, 0.4) is 0 Å². The minimum atomic E-state index is -0.363. The molecule has 0 saturated carbocycles. The average molecular weight is 195 g/mol. The third kappa shape index (κ3) is 2.81. The van der Waals surface area contributed by atoms with Crippen molar-refractivity contribution in [2.45, 2.75) is 19.4 Å². The van der Waals surface area contributed by atoms with E-state index in [4.69, 9.17) is 10.8 Å². The molecule has 0 spiro atoms. The van der Waals surface area contributed by atoms with E-state index in [0.717, 1.165) is 5.56 Å². The first-order valence-electron chi connectivity index (χ1n) is 4.51. The lowest BCUT2D eigenvalue weighted by Gasteiger charge is -2.05. The average Bonchev–Trinajstić information content (AvgIpc) is 2.17. The van der Waals surface area contributed by atoms with Crippen LogP contribution in [0.2, 0.25) is 0 Å². The second-order valence-corrected chi connectivity index (χ2v) is 3.35. The van der Waals surface area contributed by atoms with Crippen molar-refractivity contribution in [2.24, 2.45) is 5.73 Å². The van der Waals surface area contributed by atoms with Gasteiger partial charge in [-0.05, 0) is 5.56 Å². The third-order valence-electron chi connectivity index (χ3n) is 2.10. The molecule has 0 aromatic carbocycles. The minimum Gasteiger partial charge on any atom is -0.396 e. The lowest BCUT2D eigenvalue weighted by atomic mass is 10.0. The molecule has 1 unspecified atom stereocenters. The maximum absolute atomic E-state index is 10.6. The van der Waals surface area contributed by atoms with Crippen LogP contribution in [0.5, 0.6) is 0 Å². The van der Waals surface area contributed by atoms with E-state index < -0.39 is 0 Å². The molecule has 4 nitrogen and oxygen atoms in total. The van der Waals surface area contributed by atoms with Gasteiger partial charge in [-0.3, -0.25) is 4.79 Å². The van der Waals surface area contributed by atoms with E-state index in [2.05, 4.69) is 0 Å². The predicted molar refractivity (Wildman–Crippen MR) is 51.3 cm³/mol. The van der Waals surface area contributed by atoms with Crippen LogP contribution in [0.15, 0.2) is 24.5 Å². The van der Waals surface area contributed by atoms with Crippen LogP contribution >= 0.6 is 0 Å². The number of nitrogens with zero attached hydrogens (tertiary/aromatic N) is 1. The van der Waals surface area contributed by atoms with E-state index in [1.54, 1.807) is 17.0 Å². The summed E-state index contributed by atoms with van der Waals surface area (Å²) >= 11 is 0. The summed E-state index contributed by atoms with van der Waals surface area (Å²) in [4.78, 5) is 10.6. The molecule has 0 aliphatic heterocycles. The van der Waals surface area contributed by atoms with Crippen LogP contribution in [0.4, 0.5) is 0 Å². The van der Waals surface area contributed by atoms with Gasteiger partial charge in [0.15, 0.2) is 12.4 Å². The van der Waals surface area contributed by atoms with Crippen molar-refractivity contribution in [2.75, 3.05) is 6.61 Å². The zero-order valence-corrected chi connectivity index (χ0v) is 8.18. The molecule has 0 aliphatic rings. The van der Waals surface area contributed by atoms with Crippen LogP contribution < -0.4 is 10.3 Å². The van der Waals surface area contributed by atoms with Gasteiger partial charge in [-0.25, -0.2) is 0 Å². The summed E-state index contributed by atoms with van der Waals surface area (Å²) < 4.78 is 1.70. The lowest BCUT2D eigenvalue weighted by Crippen LogP contribution is -2.40. The number of primary amides is 1. The number of pyridine rings is 1. The Kier molecular flexibility index (Phi) is 3.59. The molecule has 0 radical (unpaired) electrons. The summed E-state index contributed by atoms with van der Waals surface area (Å²) in [5, 5.41) is 8.92. The van der Waals surface area contributed by atoms with Gasteiger partial charge in [-0.1, -0.05) is 6.92 Å². The number of carbonyl (C=O) groups is 1. The fourth-order valence-corrected chi connectivity index (χ4v) is 1.19. The van der Waals surface area contributed by atoms with E-state index in [1.165, 1.54) is 0 Å². The van der Waals surface area contributed by atoms with Crippen LogP contribution in [0, 0.1) is 0 Å². The number of carbonyl (C=O) groups excluding carboxylic acids is 1. The molecule has 76 valence electrons. The van der Waals surface area contributed by atoms with Crippen LogP contribution in [0.1, 0.15) is 18.4 Å². The zero-order chi connectivity index (χ0) is 10.6. The molecule has 4 heteroatoms. The van der Waals surface area contributed by atoms with Crippen molar-refractivity contribution in [3.05, 3.63) is 30.1 Å². The Balaban J connectivity index is 2.73. The first-order chi connectivity index (χ1) is 6.63. The molecule has 0 fully saturated rings. The topological polar surface area (TPSA) is 67.2 Å². The van der Waals surface area contributed by atoms with Crippen molar-refractivity contribution in [3.63, 3.8) is 0 Å². The molecule has 1 rings (SSSR count). The number of hydrogen-bond donors (Lipinski definition) is 2. The smallest absolute Gasteiger partial charge is 0.283 e. The number of aliphatic hydroxyl groups excluding tert-OH is 1. The molecule has 0 aliphatic carbocycles. The van der Waals surface area contributed by atoms with E-state index in [1.807, 2.05) is 19.1 Å². The first-order valence-corrected chi connectivity index (χ1v) is 4.51. The van der Waals surface area contributed by atoms with Crippen LogP contribution in [0.25, 0.3) is 0 Å². The normalized spacial score (nSPS) is 12.4. The third-order valence-corrected chi connectivity index (χ3v) is 2.10. The van der Waals surface area contributed by atoms with Crippen molar-refractivity contribution in [3.8, 4) is 0 Å².